The van der Waals surface area contributed by atoms with Gasteiger partial charge >= 0.3 is 0 Å². The van der Waals surface area contributed by atoms with Gasteiger partial charge in [-0.1, -0.05) is 13.8 Å². The summed E-state index contributed by atoms with van der Waals surface area (Å²) in [7, 11) is -3.84. The second-order valence-electron chi connectivity index (χ2n) is 8.83. The molecule has 9 heteroatoms. The first-order valence-corrected chi connectivity index (χ1v) is 12.2. The van der Waals surface area contributed by atoms with Crippen LogP contribution < -0.4 is 4.72 Å². The summed E-state index contributed by atoms with van der Waals surface area (Å²) in [4.78, 5) is 18.8. The van der Waals surface area contributed by atoms with Crippen LogP contribution in [0.25, 0.3) is 5.65 Å². The van der Waals surface area contributed by atoms with Gasteiger partial charge in [0.05, 0.1) is 5.60 Å². The monoisotopic (exact) mass is 456 g/mol. The van der Waals surface area contributed by atoms with Gasteiger partial charge in [-0.25, -0.2) is 13.4 Å². The van der Waals surface area contributed by atoms with E-state index in [1.807, 2.05) is 0 Å². The smallest absolute Gasteiger partial charge is 0.265 e. The van der Waals surface area contributed by atoms with Crippen LogP contribution in [-0.4, -0.2) is 52.4 Å². The van der Waals surface area contributed by atoms with E-state index < -0.39 is 15.6 Å². The molecule has 8 nitrogen and oxygen atoms in total. The zero-order valence-electron chi connectivity index (χ0n) is 18.2. The van der Waals surface area contributed by atoms with E-state index in [0.29, 0.717) is 48.7 Å². The molecule has 170 valence electrons. The van der Waals surface area contributed by atoms with Gasteiger partial charge in [-0.05, 0) is 61.6 Å². The molecule has 1 amide bonds. The van der Waals surface area contributed by atoms with Gasteiger partial charge in [0, 0.05) is 42.9 Å². The minimum atomic E-state index is -3.84. The van der Waals surface area contributed by atoms with Crippen LogP contribution >= 0.6 is 0 Å². The Labute approximate surface area is 187 Å². The molecule has 3 aromatic rings. The highest BCUT2D eigenvalue weighted by molar-refractivity contribution is 7.93. The van der Waals surface area contributed by atoms with Gasteiger partial charge in [-0.15, -0.1) is 0 Å². The Bertz CT molecular complexity index is 1210. The number of carbonyl (C=O) groups is 1. The summed E-state index contributed by atoms with van der Waals surface area (Å²) in [6.07, 6.45) is 6.81. The number of aliphatic hydroxyl groups is 1. The van der Waals surface area contributed by atoms with Gasteiger partial charge in [-0.3, -0.25) is 9.52 Å². The summed E-state index contributed by atoms with van der Waals surface area (Å²) in [5.74, 6) is 0.284. The molecule has 0 unspecified atom stereocenters. The molecule has 1 fully saturated rings. The van der Waals surface area contributed by atoms with Gasteiger partial charge < -0.3 is 14.4 Å². The predicted molar refractivity (Wildman–Crippen MR) is 122 cm³/mol. The van der Waals surface area contributed by atoms with Crippen molar-refractivity contribution in [3.63, 3.8) is 0 Å². The predicted octanol–water partition coefficient (Wildman–Crippen LogP) is 3.15. The van der Waals surface area contributed by atoms with Crippen LogP contribution in [0.5, 0.6) is 0 Å². The molecule has 1 aliphatic rings. The van der Waals surface area contributed by atoms with Crippen LogP contribution in [-0.2, 0) is 10.0 Å². The number of amides is 1. The summed E-state index contributed by atoms with van der Waals surface area (Å²) >= 11 is 0. The molecule has 2 N–H and O–H groups in total. The number of pyridine rings is 1. The van der Waals surface area contributed by atoms with E-state index in [4.69, 9.17) is 0 Å². The zero-order valence-corrected chi connectivity index (χ0v) is 19.0. The number of likely N-dealkylation sites (tertiary alicyclic amines) is 1. The molecule has 1 aromatic carbocycles. The largest absolute Gasteiger partial charge is 0.390 e. The number of carbonyl (C=O) groups excluding carboxylic acids is 1. The van der Waals surface area contributed by atoms with E-state index in [1.54, 1.807) is 58.2 Å². The number of nitrogens with zero attached hydrogens (tertiary/aromatic N) is 3. The molecule has 4 rings (SSSR count). The third-order valence-electron chi connectivity index (χ3n) is 5.83. The van der Waals surface area contributed by atoms with E-state index >= 15 is 0 Å². The number of nitrogens with one attached hydrogen (secondary N) is 1. The maximum absolute atomic E-state index is 12.9. The van der Waals surface area contributed by atoms with E-state index in [1.165, 1.54) is 6.07 Å². The van der Waals surface area contributed by atoms with Gasteiger partial charge in [-0.2, -0.15) is 0 Å². The van der Waals surface area contributed by atoms with Crippen molar-refractivity contribution in [2.45, 2.75) is 43.6 Å². The van der Waals surface area contributed by atoms with Crippen LogP contribution in [0.2, 0.25) is 0 Å². The molecule has 0 aliphatic carbocycles. The van der Waals surface area contributed by atoms with E-state index in [9.17, 15) is 18.3 Å². The molecule has 0 saturated carbocycles. The van der Waals surface area contributed by atoms with E-state index in [2.05, 4.69) is 23.6 Å². The van der Waals surface area contributed by atoms with Crippen molar-refractivity contribution in [3.05, 3.63) is 60.6 Å². The van der Waals surface area contributed by atoms with Crippen LogP contribution in [0.4, 0.5) is 5.69 Å². The first-order valence-electron chi connectivity index (χ1n) is 10.7. The van der Waals surface area contributed by atoms with E-state index in [-0.39, 0.29) is 10.8 Å². The standard InChI is InChI=1S/C23H28N4O4S/c1-17(2)16-23(29)9-13-27(14-10-23)22(28)18-5-7-19(8-6-18)25-32(30,31)20-4-3-12-26-15-11-24-21(20)26/h3-8,11-12,15,17,25,29H,9-10,13-14,16H2,1-2H3. The van der Waals surface area contributed by atoms with Gasteiger partial charge in [0.15, 0.2) is 5.65 Å². The number of imidazole rings is 1. The van der Waals surface area contributed by atoms with Crippen molar-refractivity contribution in [1.82, 2.24) is 14.3 Å². The third-order valence-corrected chi connectivity index (χ3v) is 7.23. The second-order valence-corrected chi connectivity index (χ2v) is 10.5. The highest BCUT2D eigenvalue weighted by atomic mass is 32.2. The Kier molecular flexibility index (Phi) is 5.96. The van der Waals surface area contributed by atoms with E-state index in [0.717, 1.165) is 6.42 Å². The Balaban J connectivity index is 1.43. The fourth-order valence-electron chi connectivity index (χ4n) is 4.30. The fraction of sp³-hybridized carbons (Fsp3) is 0.391. The summed E-state index contributed by atoms with van der Waals surface area (Å²) in [5.41, 5.74) is 0.483. The SMILES string of the molecule is CC(C)CC1(O)CCN(C(=O)c2ccc(NS(=O)(=O)c3cccn4ccnc34)cc2)CC1. The van der Waals surface area contributed by atoms with Gasteiger partial charge in [0.1, 0.15) is 4.90 Å². The molecule has 1 saturated heterocycles. The highest BCUT2D eigenvalue weighted by Gasteiger charge is 2.34. The normalized spacial score (nSPS) is 16.4. The second kappa shape index (κ2) is 8.55. The molecule has 0 atom stereocenters. The number of benzene rings is 1. The first-order chi connectivity index (χ1) is 15.2. The third kappa shape index (κ3) is 4.63. The Morgan fingerprint density at radius 2 is 1.84 bits per heavy atom. The van der Waals surface area contributed by atoms with Crippen molar-refractivity contribution < 1.29 is 18.3 Å². The minimum absolute atomic E-state index is 0.0763. The molecule has 0 radical (unpaired) electrons. The average molecular weight is 457 g/mol. The first kappa shape index (κ1) is 22.3. The molecular weight excluding hydrogens is 428 g/mol. The topological polar surface area (TPSA) is 104 Å². The summed E-state index contributed by atoms with van der Waals surface area (Å²) in [5, 5.41) is 10.7. The van der Waals surface area contributed by atoms with Crippen molar-refractivity contribution in [1.29, 1.82) is 0 Å². The molecular formula is C23H28N4O4S. The lowest BCUT2D eigenvalue weighted by Crippen LogP contribution is -2.47. The lowest BCUT2D eigenvalue weighted by atomic mass is 9.84. The number of rotatable bonds is 6. The van der Waals surface area contributed by atoms with Crippen LogP contribution in [0.15, 0.2) is 59.9 Å². The molecule has 32 heavy (non-hydrogen) atoms. The van der Waals surface area contributed by atoms with Crippen LogP contribution in [0, 0.1) is 5.92 Å². The Morgan fingerprint density at radius 3 is 2.50 bits per heavy atom. The van der Waals surface area contributed by atoms with Crippen LogP contribution in [0.1, 0.15) is 43.5 Å². The number of anilines is 1. The number of sulfonamides is 1. The van der Waals surface area contributed by atoms with Crippen molar-refractivity contribution in [2.75, 3.05) is 17.8 Å². The molecule has 3 heterocycles. The van der Waals surface area contributed by atoms with Crippen LogP contribution in [0.3, 0.4) is 0 Å². The minimum Gasteiger partial charge on any atom is -0.390 e. The fourth-order valence-corrected chi connectivity index (χ4v) is 5.51. The number of hydrogen-bond donors (Lipinski definition) is 2. The van der Waals surface area contributed by atoms with Crippen molar-refractivity contribution in [3.8, 4) is 0 Å². The highest BCUT2D eigenvalue weighted by Crippen LogP contribution is 2.29. The summed E-state index contributed by atoms with van der Waals surface area (Å²) < 4.78 is 29.9. The lowest BCUT2D eigenvalue weighted by Gasteiger charge is -2.39. The number of aromatic nitrogens is 2. The summed E-state index contributed by atoms with van der Waals surface area (Å²) in [6.45, 7) is 5.18. The maximum Gasteiger partial charge on any atom is 0.265 e. The molecule has 2 aromatic heterocycles. The molecule has 0 bridgehead atoms. The Morgan fingerprint density at radius 1 is 1.16 bits per heavy atom. The summed E-state index contributed by atoms with van der Waals surface area (Å²) in [6, 6.07) is 9.53. The Hall–Kier alpha value is -2.91. The molecule has 1 aliphatic heterocycles. The zero-order chi connectivity index (χ0) is 22.9. The van der Waals surface area contributed by atoms with Crippen molar-refractivity contribution >= 4 is 27.3 Å². The number of hydrogen-bond acceptors (Lipinski definition) is 5. The number of fused-ring (bicyclic) bond motifs is 1. The lowest BCUT2D eigenvalue weighted by molar-refractivity contribution is -0.0311. The number of piperidine rings is 1. The maximum atomic E-state index is 12.9. The quantitative estimate of drug-likeness (QED) is 0.593. The molecule has 0 spiro atoms. The van der Waals surface area contributed by atoms with Crippen molar-refractivity contribution in [2.24, 2.45) is 5.92 Å². The van der Waals surface area contributed by atoms with Gasteiger partial charge in [0.25, 0.3) is 15.9 Å². The van der Waals surface area contributed by atoms with Gasteiger partial charge in [0.2, 0.25) is 0 Å². The average Bonchev–Trinajstić information content (AvgIpc) is 3.22.